The minimum Gasteiger partial charge on any atom is -0.347 e. The van der Waals surface area contributed by atoms with Crippen molar-refractivity contribution in [3.8, 4) is 0 Å². The predicted molar refractivity (Wildman–Crippen MR) is 129 cm³/mol. The van der Waals surface area contributed by atoms with Crippen LogP contribution in [-0.2, 0) is 33.6 Å². The second-order valence-corrected chi connectivity index (χ2v) is 10.1. The number of carbonyl (C=O) groups is 6. The summed E-state index contributed by atoms with van der Waals surface area (Å²) in [5.74, 6) is -2.08. The Bertz CT molecular complexity index is 735. The summed E-state index contributed by atoms with van der Waals surface area (Å²) in [5.41, 5.74) is 0. The lowest BCUT2D eigenvalue weighted by Gasteiger charge is -2.26. The Kier molecular flexibility index (Phi) is 13.6. The molecule has 3 atom stereocenters. The van der Waals surface area contributed by atoms with Gasteiger partial charge in [0.15, 0.2) is 0 Å². The summed E-state index contributed by atoms with van der Waals surface area (Å²) in [4.78, 5) is 77.9. The largest absolute Gasteiger partial charge is 0.355 e. The van der Waals surface area contributed by atoms with E-state index in [9.17, 15) is 28.8 Å². The van der Waals surface area contributed by atoms with Gasteiger partial charge in [0, 0.05) is 12.8 Å². The van der Waals surface area contributed by atoms with Crippen LogP contribution in [0.1, 0.15) is 46.0 Å². The van der Waals surface area contributed by atoms with Crippen molar-refractivity contribution in [3.05, 3.63) is 0 Å². The number of nitrogens with zero attached hydrogens (tertiary/aromatic N) is 1. The molecule has 34 heavy (non-hydrogen) atoms. The second-order valence-electron chi connectivity index (χ2n) is 8.14. The molecule has 0 spiro atoms. The van der Waals surface area contributed by atoms with Gasteiger partial charge in [-0.15, -0.1) is 5.06 Å². The fourth-order valence-corrected chi connectivity index (χ4v) is 4.09. The number of amides is 5. The fraction of sp³-hybridized carbons (Fsp3) is 0.714. The Morgan fingerprint density at radius 2 is 1.44 bits per heavy atom. The Balaban J connectivity index is 2.94. The molecule has 13 heteroatoms. The average molecular weight is 519 g/mol. The first-order valence-electron chi connectivity index (χ1n) is 11.0. The van der Waals surface area contributed by atoms with Gasteiger partial charge in [-0.3, -0.25) is 24.0 Å². The summed E-state index contributed by atoms with van der Waals surface area (Å²) in [5, 5.41) is 8.17. The minimum absolute atomic E-state index is 0.0381. The lowest BCUT2D eigenvalue weighted by Crippen LogP contribution is -2.56. The third kappa shape index (κ3) is 9.92. The molecule has 11 nitrogen and oxygen atoms in total. The number of rotatable bonds is 16. The van der Waals surface area contributed by atoms with Gasteiger partial charge in [-0.05, 0) is 49.2 Å². The SMILES string of the molecule is CSCC[C@H](NC=O)C(=O)N[C@@H](CC(C)C)C(=O)N[C@@H](CCSC)C(=O)ON1C(=O)CCC1=O. The topological polar surface area (TPSA) is 151 Å². The smallest absolute Gasteiger partial charge is 0.347 e. The van der Waals surface area contributed by atoms with Crippen molar-refractivity contribution in [2.24, 2.45) is 5.92 Å². The van der Waals surface area contributed by atoms with Gasteiger partial charge in [-0.2, -0.15) is 23.5 Å². The van der Waals surface area contributed by atoms with E-state index in [0.717, 1.165) is 0 Å². The molecule has 0 aliphatic carbocycles. The number of carbonyl (C=O) groups excluding carboxylic acids is 6. The van der Waals surface area contributed by atoms with E-state index in [-0.39, 0.29) is 25.2 Å². The minimum atomic E-state index is -1.12. The molecule has 0 radical (unpaired) electrons. The third-order valence-corrected chi connectivity index (χ3v) is 6.22. The first-order valence-corrected chi connectivity index (χ1v) is 13.8. The molecular weight excluding hydrogens is 484 g/mol. The highest BCUT2D eigenvalue weighted by atomic mass is 32.2. The zero-order valence-electron chi connectivity index (χ0n) is 20.0. The van der Waals surface area contributed by atoms with Crippen LogP contribution in [0.3, 0.4) is 0 Å². The standard InChI is InChI=1S/C21H34N4O7S2/c1-13(2)11-16(24-19(29)14(22-12-26)7-9-33-3)20(30)23-15(8-10-34-4)21(31)32-25-17(27)5-6-18(25)28/h12-16H,5-11H2,1-4H3,(H,22,26)(H,23,30)(H,24,29)/t14-,15-,16-/m0/s1. The van der Waals surface area contributed by atoms with E-state index in [1.807, 2.05) is 26.4 Å². The molecule has 0 bridgehead atoms. The number of nitrogens with one attached hydrogen (secondary N) is 3. The van der Waals surface area contributed by atoms with Gasteiger partial charge in [-0.25, -0.2) is 4.79 Å². The molecule has 1 fully saturated rings. The zero-order valence-corrected chi connectivity index (χ0v) is 21.6. The average Bonchev–Trinajstić information content (AvgIpc) is 3.10. The second kappa shape index (κ2) is 15.6. The maximum atomic E-state index is 13.1. The number of hydrogen-bond donors (Lipinski definition) is 3. The highest BCUT2D eigenvalue weighted by Gasteiger charge is 2.36. The summed E-state index contributed by atoms with van der Waals surface area (Å²) >= 11 is 2.97. The monoisotopic (exact) mass is 518 g/mol. The molecule has 0 aromatic carbocycles. The fourth-order valence-electron chi connectivity index (χ4n) is 3.15. The molecule has 1 rings (SSSR count). The van der Waals surface area contributed by atoms with Crippen molar-refractivity contribution in [3.63, 3.8) is 0 Å². The molecule has 0 unspecified atom stereocenters. The van der Waals surface area contributed by atoms with E-state index in [1.165, 1.54) is 23.5 Å². The molecule has 0 aromatic heterocycles. The Morgan fingerprint density at radius 3 is 1.94 bits per heavy atom. The zero-order chi connectivity index (χ0) is 25.7. The van der Waals surface area contributed by atoms with E-state index in [0.29, 0.717) is 35.8 Å². The lowest BCUT2D eigenvalue weighted by atomic mass is 10.0. The maximum absolute atomic E-state index is 13.1. The molecule has 3 N–H and O–H groups in total. The van der Waals surface area contributed by atoms with Crippen molar-refractivity contribution in [1.29, 1.82) is 0 Å². The predicted octanol–water partition coefficient (Wildman–Crippen LogP) is 0.230. The quantitative estimate of drug-likeness (QED) is 0.193. The Hall–Kier alpha value is -2.28. The molecular formula is C21H34N4O7S2. The van der Waals surface area contributed by atoms with Crippen LogP contribution in [0.5, 0.6) is 0 Å². The van der Waals surface area contributed by atoms with E-state index in [4.69, 9.17) is 4.84 Å². The molecule has 1 heterocycles. The van der Waals surface area contributed by atoms with Gasteiger partial charge in [0.25, 0.3) is 11.8 Å². The van der Waals surface area contributed by atoms with Gasteiger partial charge in [0.1, 0.15) is 18.1 Å². The van der Waals surface area contributed by atoms with Crippen molar-refractivity contribution < 1.29 is 33.6 Å². The van der Waals surface area contributed by atoms with E-state index in [1.54, 1.807) is 0 Å². The summed E-state index contributed by atoms with van der Waals surface area (Å²) < 4.78 is 0. The number of thioether (sulfide) groups is 2. The highest BCUT2D eigenvalue weighted by molar-refractivity contribution is 7.98. The molecule has 1 aliphatic rings. The van der Waals surface area contributed by atoms with Crippen LogP contribution in [0.25, 0.3) is 0 Å². The number of imide groups is 1. The van der Waals surface area contributed by atoms with E-state index >= 15 is 0 Å². The van der Waals surface area contributed by atoms with Gasteiger partial charge in [0.05, 0.1) is 0 Å². The Morgan fingerprint density at radius 1 is 0.941 bits per heavy atom. The van der Waals surface area contributed by atoms with Crippen molar-refractivity contribution in [2.75, 3.05) is 24.0 Å². The molecule has 0 aromatic rings. The summed E-state index contributed by atoms with van der Waals surface area (Å²) in [6.07, 6.45) is 4.96. The normalized spacial score (nSPS) is 16.1. The summed E-state index contributed by atoms with van der Waals surface area (Å²) in [6.45, 7) is 3.76. The molecule has 1 aliphatic heterocycles. The molecule has 192 valence electrons. The van der Waals surface area contributed by atoms with Crippen LogP contribution in [0, 0.1) is 5.92 Å². The van der Waals surface area contributed by atoms with Crippen LogP contribution in [0.2, 0.25) is 0 Å². The summed E-state index contributed by atoms with van der Waals surface area (Å²) in [6, 6.07) is -2.87. The number of hydrogen-bond acceptors (Lipinski definition) is 9. The summed E-state index contributed by atoms with van der Waals surface area (Å²) in [7, 11) is 0. The molecule has 5 amide bonds. The van der Waals surface area contributed by atoms with Gasteiger partial charge in [0.2, 0.25) is 18.2 Å². The molecule has 0 saturated carbocycles. The third-order valence-electron chi connectivity index (χ3n) is 4.94. The van der Waals surface area contributed by atoms with Crippen molar-refractivity contribution in [2.45, 2.75) is 64.1 Å². The van der Waals surface area contributed by atoms with Crippen LogP contribution >= 0.6 is 23.5 Å². The van der Waals surface area contributed by atoms with Crippen LogP contribution < -0.4 is 16.0 Å². The van der Waals surface area contributed by atoms with Crippen molar-refractivity contribution in [1.82, 2.24) is 21.0 Å². The first kappa shape index (κ1) is 29.8. The lowest BCUT2D eigenvalue weighted by molar-refractivity contribution is -0.199. The highest BCUT2D eigenvalue weighted by Crippen LogP contribution is 2.14. The first-order chi connectivity index (χ1) is 16.1. The van der Waals surface area contributed by atoms with Crippen LogP contribution in [-0.4, -0.2) is 83.2 Å². The van der Waals surface area contributed by atoms with Gasteiger partial charge < -0.3 is 20.8 Å². The van der Waals surface area contributed by atoms with Crippen LogP contribution in [0.15, 0.2) is 0 Å². The molecule has 1 saturated heterocycles. The van der Waals surface area contributed by atoms with E-state index < -0.39 is 47.7 Å². The van der Waals surface area contributed by atoms with Gasteiger partial charge in [-0.1, -0.05) is 13.8 Å². The van der Waals surface area contributed by atoms with Crippen LogP contribution in [0.4, 0.5) is 0 Å². The van der Waals surface area contributed by atoms with Gasteiger partial charge >= 0.3 is 5.97 Å². The maximum Gasteiger partial charge on any atom is 0.355 e. The van der Waals surface area contributed by atoms with Crippen molar-refractivity contribution >= 4 is 59.5 Å². The Labute approximate surface area is 208 Å². The number of hydroxylamine groups is 2. The van der Waals surface area contributed by atoms with E-state index in [2.05, 4.69) is 16.0 Å².